The van der Waals surface area contributed by atoms with Crippen molar-refractivity contribution in [3.05, 3.63) is 60.3 Å². The molecule has 1 heterocycles. The monoisotopic (exact) mass is 366 g/mol. The molecule has 0 radical (unpaired) electrons. The van der Waals surface area contributed by atoms with Gasteiger partial charge in [-0.3, -0.25) is 4.99 Å². The summed E-state index contributed by atoms with van der Waals surface area (Å²) in [7, 11) is 3.40. The van der Waals surface area contributed by atoms with Crippen LogP contribution < -0.4 is 20.1 Å². The lowest BCUT2D eigenvalue weighted by Gasteiger charge is -2.18. The molecule has 3 N–H and O–H groups in total. The van der Waals surface area contributed by atoms with E-state index in [1.807, 2.05) is 43.3 Å². The molecule has 0 aliphatic carbocycles. The lowest BCUT2D eigenvalue weighted by molar-refractivity contribution is 0.223. The Balaban J connectivity index is 1.48. The Kier molecular flexibility index (Phi) is 6.20. The lowest BCUT2D eigenvalue weighted by Crippen LogP contribution is -2.41. The molecule has 1 unspecified atom stereocenters. The number of aromatic amines is 1. The quantitative estimate of drug-likeness (QED) is 0.443. The highest BCUT2D eigenvalue weighted by Gasteiger charge is 2.07. The van der Waals surface area contributed by atoms with E-state index in [0.717, 1.165) is 28.7 Å². The van der Waals surface area contributed by atoms with Crippen LogP contribution in [0.3, 0.4) is 0 Å². The normalized spacial score (nSPS) is 12.6. The third-order valence-electron chi connectivity index (χ3n) is 4.19. The Bertz CT molecular complexity index is 871. The number of hydrogen-bond acceptors (Lipinski definition) is 3. The molecule has 1 aromatic heterocycles. The molecule has 6 nitrogen and oxygen atoms in total. The highest BCUT2D eigenvalue weighted by atomic mass is 16.5. The summed E-state index contributed by atoms with van der Waals surface area (Å²) in [5.41, 5.74) is 2.25. The second-order valence-corrected chi connectivity index (χ2v) is 6.30. The largest absolute Gasteiger partial charge is 0.497 e. The number of H-pyrrole nitrogens is 1. The Morgan fingerprint density at radius 1 is 1.07 bits per heavy atom. The molecule has 0 aliphatic heterocycles. The predicted molar refractivity (Wildman–Crippen MR) is 110 cm³/mol. The maximum atomic E-state index is 5.92. The first-order chi connectivity index (χ1) is 13.2. The molecule has 0 aliphatic rings. The third-order valence-corrected chi connectivity index (χ3v) is 4.19. The fourth-order valence-corrected chi connectivity index (χ4v) is 2.82. The van der Waals surface area contributed by atoms with E-state index < -0.39 is 0 Å². The van der Waals surface area contributed by atoms with E-state index in [1.54, 1.807) is 14.2 Å². The average Bonchev–Trinajstić information content (AvgIpc) is 3.11. The molecule has 0 fully saturated rings. The smallest absolute Gasteiger partial charge is 0.191 e. The van der Waals surface area contributed by atoms with E-state index in [1.165, 1.54) is 5.39 Å². The zero-order chi connectivity index (χ0) is 19.1. The van der Waals surface area contributed by atoms with Gasteiger partial charge in [0.15, 0.2) is 5.96 Å². The number of ether oxygens (including phenoxy) is 2. The number of aromatic nitrogens is 1. The minimum Gasteiger partial charge on any atom is -0.497 e. The number of para-hydroxylation sites is 1. The van der Waals surface area contributed by atoms with Crippen LogP contribution in [0.25, 0.3) is 10.9 Å². The van der Waals surface area contributed by atoms with Gasteiger partial charge in [-0.25, -0.2) is 0 Å². The number of benzene rings is 2. The molecule has 0 saturated carbocycles. The standard InChI is InChI=1S/C21H26N4O2/c1-15(27-19-9-6-8-18(12-19)26-3)13-23-21(22-2)24-14-17-11-16-7-4-5-10-20(16)25-17/h4-12,15,25H,13-14H2,1-3H3,(H2,22,23,24). The van der Waals surface area contributed by atoms with Gasteiger partial charge in [0.1, 0.15) is 17.6 Å². The number of methoxy groups -OCH3 is 1. The van der Waals surface area contributed by atoms with Crippen molar-refractivity contribution >= 4 is 16.9 Å². The zero-order valence-corrected chi connectivity index (χ0v) is 16.0. The number of fused-ring (bicyclic) bond motifs is 1. The highest BCUT2D eigenvalue weighted by molar-refractivity contribution is 5.81. The molecule has 0 amide bonds. The summed E-state index contributed by atoms with van der Waals surface area (Å²) in [6.45, 7) is 3.31. The van der Waals surface area contributed by atoms with Crippen LogP contribution in [0.2, 0.25) is 0 Å². The van der Waals surface area contributed by atoms with Gasteiger partial charge in [-0.1, -0.05) is 24.3 Å². The van der Waals surface area contributed by atoms with Crippen LogP contribution in [0, 0.1) is 0 Å². The molecule has 3 rings (SSSR count). The van der Waals surface area contributed by atoms with Crippen molar-refractivity contribution in [2.45, 2.75) is 19.6 Å². The first-order valence-electron chi connectivity index (χ1n) is 9.00. The van der Waals surface area contributed by atoms with Gasteiger partial charge >= 0.3 is 0 Å². The number of nitrogens with one attached hydrogen (secondary N) is 3. The first kappa shape index (κ1) is 18.6. The topological polar surface area (TPSA) is 70.7 Å². The van der Waals surface area contributed by atoms with Crippen molar-refractivity contribution < 1.29 is 9.47 Å². The van der Waals surface area contributed by atoms with Crippen LogP contribution in [0.1, 0.15) is 12.6 Å². The van der Waals surface area contributed by atoms with Gasteiger partial charge in [0.2, 0.25) is 0 Å². The van der Waals surface area contributed by atoms with E-state index in [-0.39, 0.29) is 6.10 Å². The van der Waals surface area contributed by atoms with Gasteiger partial charge < -0.3 is 25.1 Å². The van der Waals surface area contributed by atoms with Crippen molar-refractivity contribution in [2.24, 2.45) is 4.99 Å². The molecule has 0 spiro atoms. The van der Waals surface area contributed by atoms with E-state index >= 15 is 0 Å². The van der Waals surface area contributed by atoms with Gasteiger partial charge in [0.25, 0.3) is 0 Å². The number of nitrogens with zero attached hydrogens (tertiary/aromatic N) is 1. The summed E-state index contributed by atoms with van der Waals surface area (Å²) in [4.78, 5) is 7.67. The number of hydrogen-bond donors (Lipinski definition) is 3. The number of rotatable bonds is 7. The van der Waals surface area contributed by atoms with Crippen molar-refractivity contribution in [3.63, 3.8) is 0 Å². The molecule has 0 saturated heterocycles. The molecule has 1 atom stereocenters. The van der Waals surface area contributed by atoms with Crippen LogP contribution in [0.4, 0.5) is 0 Å². The van der Waals surface area contributed by atoms with Crippen LogP contribution in [-0.4, -0.2) is 37.7 Å². The number of aliphatic imine (C=N–C) groups is 1. The molecular formula is C21H26N4O2. The molecule has 2 aromatic carbocycles. The Morgan fingerprint density at radius 2 is 1.89 bits per heavy atom. The van der Waals surface area contributed by atoms with Crippen molar-refractivity contribution in [2.75, 3.05) is 20.7 Å². The maximum absolute atomic E-state index is 5.92. The average molecular weight is 366 g/mol. The van der Waals surface area contributed by atoms with Crippen LogP contribution in [-0.2, 0) is 6.54 Å². The Hall–Kier alpha value is -3.15. The minimum absolute atomic E-state index is 0.0243. The SMILES string of the molecule is CN=C(NCc1cc2ccccc2[nH]1)NCC(C)Oc1cccc(OC)c1. The molecule has 6 heteroatoms. The lowest BCUT2D eigenvalue weighted by atomic mass is 10.2. The second kappa shape index (κ2) is 8.98. The molecule has 27 heavy (non-hydrogen) atoms. The fraction of sp³-hybridized carbons (Fsp3) is 0.286. The van der Waals surface area contributed by atoms with E-state index in [9.17, 15) is 0 Å². The van der Waals surface area contributed by atoms with Crippen molar-refractivity contribution in [1.29, 1.82) is 0 Å². The first-order valence-corrected chi connectivity index (χ1v) is 9.00. The summed E-state index contributed by atoms with van der Waals surface area (Å²) in [6, 6.07) is 18.0. The highest BCUT2D eigenvalue weighted by Crippen LogP contribution is 2.19. The van der Waals surface area contributed by atoms with Gasteiger partial charge in [-0.2, -0.15) is 0 Å². The maximum Gasteiger partial charge on any atom is 0.191 e. The van der Waals surface area contributed by atoms with Gasteiger partial charge in [-0.15, -0.1) is 0 Å². The number of guanidine groups is 1. The van der Waals surface area contributed by atoms with Gasteiger partial charge in [-0.05, 0) is 36.6 Å². The van der Waals surface area contributed by atoms with Gasteiger partial charge in [0.05, 0.1) is 20.2 Å². The minimum atomic E-state index is -0.0243. The second-order valence-electron chi connectivity index (χ2n) is 6.30. The van der Waals surface area contributed by atoms with Crippen LogP contribution in [0.15, 0.2) is 59.6 Å². The van der Waals surface area contributed by atoms with Crippen LogP contribution in [0.5, 0.6) is 11.5 Å². The summed E-state index contributed by atoms with van der Waals surface area (Å²) in [6.07, 6.45) is -0.0243. The van der Waals surface area contributed by atoms with Crippen molar-refractivity contribution in [3.8, 4) is 11.5 Å². The van der Waals surface area contributed by atoms with E-state index in [0.29, 0.717) is 13.1 Å². The summed E-state index contributed by atoms with van der Waals surface area (Å²) >= 11 is 0. The van der Waals surface area contributed by atoms with Crippen molar-refractivity contribution in [1.82, 2.24) is 15.6 Å². The Morgan fingerprint density at radius 3 is 2.67 bits per heavy atom. The molecule has 3 aromatic rings. The molecule has 142 valence electrons. The molecule has 0 bridgehead atoms. The van der Waals surface area contributed by atoms with Gasteiger partial charge in [0, 0.05) is 24.3 Å². The van der Waals surface area contributed by atoms with Crippen LogP contribution >= 0.6 is 0 Å². The van der Waals surface area contributed by atoms with E-state index in [2.05, 4.69) is 38.8 Å². The van der Waals surface area contributed by atoms with E-state index in [4.69, 9.17) is 9.47 Å². The summed E-state index contributed by atoms with van der Waals surface area (Å²) < 4.78 is 11.1. The Labute approximate surface area is 159 Å². The fourth-order valence-electron chi connectivity index (χ4n) is 2.82. The molecular weight excluding hydrogens is 340 g/mol. The zero-order valence-electron chi connectivity index (χ0n) is 16.0. The summed E-state index contributed by atoms with van der Waals surface area (Å²) in [5.74, 6) is 2.29. The third kappa shape index (κ3) is 5.17. The summed E-state index contributed by atoms with van der Waals surface area (Å²) in [5, 5.41) is 7.81. The predicted octanol–water partition coefficient (Wildman–Crippen LogP) is 3.31.